The van der Waals surface area contributed by atoms with Crippen LogP contribution in [0.1, 0.15) is 0 Å². The molecule has 2 rings (SSSR count). The van der Waals surface area contributed by atoms with Gasteiger partial charge in [0.1, 0.15) is 11.9 Å². The molecule has 3 amide bonds. The van der Waals surface area contributed by atoms with Gasteiger partial charge in [0.05, 0.1) is 30.2 Å². The van der Waals surface area contributed by atoms with Gasteiger partial charge < -0.3 is 15.4 Å². The summed E-state index contributed by atoms with van der Waals surface area (Å²) >= 11 is 3.82. The average Bonchev–Trinajstić information content (AvgIpc) is 2.88. The highest BCUT2D eigenvalue weighted by atomic mass is 32.1. The maximum atomic E-state index is 13.7. The lowest BCUT2D eigenvalue weighted by molar-refractivity contribution is -0.118. The van der Waals surface area contributed by atoms with Crippen LogP contribution in [0.15, 0.2) is 18.2 Å². The molecule has 1 saturated heterocycles. The molecule has 118 valence electrons. The lowest BCUT2D eigenvalue weighted by atomic mass is 10.2. The summed E-state index contributed by atoms with van der Waals surface area (Å²) in [6, 6.07) is 3.97. The van der Waals surface area contributed by atoms with Crippen molar-refractivity contribution in [3.8, 4) is 0 Å². The van der Waals surface area contributed by atoms with Crippen molar-refractivity contribution in [2.75, 3.05) is 29.1 Å². The molecular weight excluding hydrogens is 313 g/mol. The molecule has 7 nitrogen and oxygen atoms in total. The molecule has 1 heterocycles. The first-order valence-corrected chi connectivity index (χ1v) is 7.04. The van der Waals surface area contributed by atoms with Crippen LogP contribution in [0.25, 0.3) is 0 Å². The van der Waals surface area contributed by atoms with E-state index in [2.05, 4.69) is 23.3 Å². The third-order valence-corrected chi connectivity index (χ3v) is 3.31. The van der Waals surface area contributed by atoms with Crippen molar-refractivity contribution in [1.29, 1.82) is 0 Å². The molecule has 9 heteroatoms. The van der Waals surface area contributed by atoms with E-state index in [4.69, 9.17) is 4.74 Å². The molecule has 2 N–H and O–H groups in total. The Morgan fingerprint density at radius 2 is 2.32 bits per heavy atom. The smallest absolute Gasteiger partial charge is 0.414 e. The molecule has 1 atom stereocenters. The van der Waals surface area contributed by atoms with E-state index in [0.717, 1.165) is 6.07 Å². The lowest BCUT2D eigenvalue weighted by Crippen LogP contribution is -2.35. The van der Waals surface area contributed by atoms with E-state index in [9.17, 15) is 18.8 Å². The van der Waals surface area contributed by atoms with Crippen molar-refractivity contribution >= 4 is 42.4 Å². The molecule has 1 aliphatic rings. The SMILES string of the molecule is O=CNc1ccc(N2C[C@H](CNC(=O)CS)OC2=O)cc1F. The topological polar surface area (TPSA) is 87.7 Å². The molecule has 0 bridgehead atoms. The first-order valence-electron chi connectivity index (χ1n) is 6.40. The van der Waals surface area contributed by atoms with Crippen molar-refractivity contribution in [2.24, 2.45) is 0 Å². The number of anilines is 2. The summed E-state index contributed by atoms with van der Waals surface area (Å²) in [4.78, 5) is 34.5. The van der Waals surface area contributed by atoms with Gasteiger partial charge in [0.2, 0.25) is 12.3 Å². The molecule has 0 spiro atoms. The van der Waals surface area contributed by atoms with E-state index in [-0.39, 0.29) is 30.4 Å². The summed E-state index contributed by atoms with van der Waals surface area (Å²) in [5.74, 6) is -0.891. The minimum Gasteiger partial charge on any atom is -0.442 e. The highest BCUT2D eigenvalue weighted by molar-refractivity contribution is 7.81. The molecule has 1 aromatic rings. The number of hydrogen-bond acceptors (Lipinski definition) is 5. The van der Waals surface area contributed by atoms with E-state index in [1.807, 2.05) is 0 Å². The molecule has 1 fully saturated rings. The molecule has 1 aromatic carbocycles. The monoisotopic (exact) mass is 327 g/mol. The van der Waals surface area contributed by atoms with Crippen LogP contribution >= 0.6 is 12.6 Å². The van der Waals surface area contributed by atoms with Crippen LogP contribution in [0.3, 0.4) is 0 Å². The number of rotatable bonds is 6. The predicted octanol–water partition coefficient (Wildman–Crippen LogP) is 0.765. The zero-order valence-corrected chi connectivity index (χ0v) is 12.3. The molecule has 1 aliphatic heterocycles. The average molecular weight is 327 g/mol. The van der Waals surface area contributed by atoms with Gasteiger partial charge in [-0.1, -0.05) is 0 Å². The van der Waals surface area contributed by atoms with Crippen LogP contribution in [0.4, 0.5) is 20.6 Å². The third-order valence-electron chi connectivity index (χ3n) is 3.02. The largest absolute Gasteiger partial charge is 0.442 e. The van der Waals surface area contributed by atoms with Crippen molar-refractivity contribution in [1.82, 2.24) is 5.32 Å². The Balaban J connectivity index is 2.03. The molecule has 0 saturated carbocycles. The first kappa shape index (κ1) is 16.1. The van der Waals surface area contributed by atoms with Crippen molar-refractivity contribution in [3.63, 3.8) is 0 Å². The van der Waals surface area contributed by atoms with Gasteiger partial charge in [-0.05, 0) is 18.2 Å². The van der Waals surface area contributed by atoms with Crippen molar-refractivity contribution in [3.05, 3.63) is 24.0 Å². The quantitative estimate of drug-likeness (QED) is 0.532. The van der Waals surface area contributed by atoms with Crippen molar-refractivity contribution in [2.45, 2.75) is 6.10 Å². The molecule has 0 unspecified atom stereocenters. The van der Waals surface area contributed by atoms with Gasteiger partial charge in [0.25, 0.3) is 0 Å². The van der Waals surface area contributed by atoms with Crippen LogP contribution in [0.5, 0.6) is 0 Å². The van der Waals surface area contributed by atoms with E-state index < -0.39 is 18.0 Å². The Kier molecular flexibility index (Phi) is 5.21. The maximum Gasteiger partial charge on any atom is 0.414 e. The Hall–Kier alpha value is -2.29. The Morgan fingerprint density at radius 1 is 1.55 bits per heavy atom. The van der Waals surface area contributed by atoms with Crippen molar-refractivity contribution < 1.29 is 23.5 Å². The zero-order valence-electron chi connectivity index (χ0n) is 11.4. The fourth-order valence-corrected chi connectivity index (χ4v) is 2.09. The number of benzene rings is 1. The Morgan fingerprint density at radius 3 is 2.95 bits per heavy atom. The number of cyclic esters (lactones) is 1. The Labute approximate surface area is 131 Å². The van der Waals surface area contributed by atoms with Gasteiger partial charge in [0.15, 0.2) is 0 Å². The van der Waals surface area contributed by atoms with Crippen LogP contribution in [-0.4, -0.2) is 43.4 Å². The number of carbonyl (C=O) groups is 3. The molecule has 0 aromatic heterocycles. The van der Waals surface area contributed by atoms with E-state index in [1.165, 1.54) is 17.0 Å². The number of amides is 3. The van der Waals surface area contributed by atoms with Gasteiger partial charge in [-0.25, -0.2) is 9.18 Å². The summed E-state index contributed by atoms with van der Waals surface area (Å²) in [6.45, 7) is 0.348. The number of thiol groups is 1. The normalized spacial score (nSPS) is 17.1. The fraction of sp³-hybridized carbons (Fsp3) is 0.308. The van der Waals surface area contributed by atoms with Crippen LogP contribution in [-0.2, 0) is 14.3 Å². The minimum atomic E-state index is -0.663. The number of nitrogens with one attached hydrogen (secondary N) is 2. The number of carbonyl (C=O) groups excluding carboxylic acids is 3. The maximum absolute atomic E-state index is 13.7. The highest BCUT2D eigenvalue weighted by Crippen LogP contribution is 2.25. The molecule has 22 heavy (non-hydrogen) atoms. The van der Waals surface area contributed by atoms with Gasteiger partial charge in [-0.3, -0.25) is 14.5 Å². The standard InChI is InChI=1S/C13H14FN3O4S/c14-10-3-8(1-2-11(10)16-7-18)17-5-9(21-13(17)20)4-15-12(19)6-22/h1-3,7,9,22H,4-6H2,(H,15,19)(H,16,18)/t9-/m0/s1. The van der Waals surface area contributed by atoms with E-state index >= 15 is 0 Å². The zero-order chi connectivity index (χ0) is 16.1. The van der Waals surface area contributed by atoms with Gasteiger partial charge in [-0.2, -0.15) is 12.6 Å². The summed E-state index contributed by atoms with van der Waals surface area (Å²) in [5, 5.41) is 4.77. The van der Waals surface area contributed by atoms with E-state index in [0.29, 0.717) is 12.1 Å². The second-order valence-corrected chi connectivity index (χ2v) is 4.82. The van der Waals surface area contributed by atoms with Gasteiger partial charge in [0, 0.05) is 0 Å². The number of ether oxygens (including phenoxy) is 1. The molecular formula is C13H14FN3O4S. The minimum absolute atomic E-state index is 0.0175. The second kappa shape index (κ2) is 7.12. The van der Waals surface area contributed by atoms with Gasteiger partial charge in [-0.15, -0.1) is 0 Å². The first-order chi connectivity index (χ1) is 10.5. The van der Waals surface area contributed by atoms with Crippen LogP contribution < -0.4 is 15.5 Å². The second-order valence-electron chi connectivity index (χ2n) is 4.50. The predicted molar refractivity (Wildman–Crippen MR) is 80.6 cm³/mol. The number of nitrogens with zero attached hydrogens (tertiary/aromatic N) is 1. The highest BCUT2D eigenvalue weighted by Gasteiger charge is 2.32. The fourth-order valence-electron chi connectivity index (χ4n) is 1.97. The summed E-state index contributed by atoms with van der Waals surface area (Å²) < 4.78 is 18.8. The summed E-state index contributed by atoms with van der Waals surface area (Å²) in [6.07, 6.45) is -0.782. The molecule has 0 radical (unpaired) electrons. The molecule has 0 aliphatic carbocycles. The van der Waals surface area contributed by atoms with Crippen LogP contribution in [0.2, 0.25) is 0 Å². The summed E-state index contributed by atoms with van der Waals surface area (Å²) in [5.41, 5.74) is 0.325. The Bertz CT molecular complexity index is 599. The van der Waals surface area contributed by atoms with E-state index in [1.54, 1.807) is 0 Å². The van der Waals surface area contributed by atoms with Gasteiger partial charge >= 0.3 is 6.09 Å². The number of hydrogen-bond donors (Lipinski definition) is 3. The van der Waals surface area contributed by atoms with Crippen LogP contribution in [0, 0.1) is 5.82 Å². The number of halogens is 1. The lowest BCUT2D eigenvalue weighted by Gasteiger charge is -2.14. The third kappa shape index (κ3) is 3.67. The summed E-state index contributed by atoms with van der Waals surface area (Å²) in [7, 11) is 0.